The molecule has 0 atom stereocenters. The number of nitro benzene ring substituents is 2. The van der Waals surface area contributed by atoms with E-state index in [1.807, 2.05) is 0 Å². The van der Waals surface area contributed by atoms with Gasteiger partial charge < -0.3 is 0 Å². The van der Waals surface area contributed by atoms with E-state index in [1.54, 1.807) is 0 Å². The molecule has 0 amide bonds. The van der Waals surface area contributed by atoms with Gasteiger partial charge in [-0.3, -0.25) is 24.8 Å². The quantitative estimate of drug-likeness (QED) is 0.295. The van der Waals surface area contributed by atoms with Crippen molar-refractivity contribution in [3.63, 3.8) is 0 Å². The molecule has 9 nitrogen and oxygen atoms in total. The first-order valence-corrected chi connectivity index (χ1v) is 5.49. The van der Waals surface area contributed by atoms with Gasteiger partial charge in [-0.2, -0.15) is 8.42 Å². The second kappa shape index (κ2) is 5.71. The minimum atomic E-state index is -4.75. The zero-order valence-electron chi connectivity index (χ0n) is 9.35. The van der Waals surface area contributed by atoms with Gasteiger partial charge in [-0.1, -0.05) is 0 Å². The van der Waals surface area contributed by atoms with Crippen LogP contribution in [-0.4, -0.2) is 22.8 Å². The molecule has 0 unspecified atom stereocenters. The van der Waals surface area contributed by atoms with E-state index < -0.39 is 36.2 Å². The summed E-state index contributed by atoms with van der Waals surface area (Å²) in [4.78, 5) is 18.3. The van der Waals surface area contributed by atoms with Crippen LogP contribution < -0.4 is 29.6 Å². The molecule has 1 N–H and O–H groups in total. The molecule has 0 aliphatic heterocycles. The molecular formula is C7H6N2NaO7S+. The smallest absolute Gasteiger partial charge is 0.282 e. The molecule has 0 bridgehead atoms. The van der Waals surface area contributed by atoms with Gasteiger partial charge >= 0.3 is 29.6 Å². The van der Waals surface area contributed by atoms with Crippen molar-refractivity contribution in [1.82, 2.24) is 0 Å². The number of hydrogen-bond donors (Lipinski definition) is 1. The van der Waals surface area contributed by atoms with Crippen LogP contribution in [0.2, 0.25) is 0 Å². The van der Waals surface area contributed by atoms with Crippen molar-refractivity contribution in [2.45, 2.75) is 11.8 Å². The van der Waals surface area contributed by atoms with Crippen LogP contribution in [0.5, 0.6) is 0 Å². The average molecular weight is 285 g/mol. The van der Waals surface area contributed by atoms with Gasteiger partial charge in [0.25, 0.3) is 21.5 Å². The molecule has 1 aromatic carbocycles. The van der Waals surface area contributed by atoms with Gasteiger partial charge in [0.2, 0.25) is 0 Å². The third kappa shape index (κ3) is 3.46. The van der Waals surface area contributed by atoms with Crippen LogP contribution >= 0.6 is 0 Å². The van der Waals surface area contributed by atoms with Crippen molar-refractivity contribution in [2.24, 2.45) is 0 Å². The van der Waals surface area contributed by atoms with Crippen LogP contribution in [0.1, 0.15) is 5.56 Å². The van der Waals surface area contributed by atoms with Crippen LogP contribution in [0.3, 0.4) is 0 Å². The topological polar surface area (TPSA) is 141 Å². The minimum absolute atomic E-state index is 0. The van der Waals surface area contributed by atoms with E-state index in [2.05, 4.69) is 0 Å². The average Bonchev–Trinajstić information content (AvgIpc) is 2.15. The monoisotopic (exact) mass is 285 g/mol. The summed E-state index contributed by atoms with van der Waals surface area (Å²) in [6, 6.07) is 1.20. The Morgan fingerprint density at radius 3 is 2.00 bits per heavy atom. The molecule has 0 heterocycles. The van der Waals surface area contributed by atoms with Gasteiger partial charge in [-0.25, -0.2) is 0 Å². The van der Waals surface area contributed by atoms with Crippen molar-refractivity contribution in [1.29, 1.82) is 0 Å². The molecule has 11 heteroatoms. The molecule has 0 saturated carbocycles. The van der Waals surface area contributed by atoms with E-state index in [9.17, 15) is 28.6 Å². The fourth-order valence-electron chi connectivity index (χ4n) is 1.22. The van der Waals surface area contributed by atoms with E-state index >= 15 is 0 Å². The Balaban J connectivity index is 0.00000289. The first kappa shape index (κ1) is 16.9. The molecule has 1 rings (SSSR count). The van der Waals surface area contributed by atoms with Crippen molar-refractivity contribution in [2.75, 3.05) is 0 Å². The minimum Gasteiger partial charge on any atom is -0.282 e. The maximum absolute atomic E-state index is 10.9. The van der Waals surface area contributed by atoms with Crippen LogP contribution in [-0.2, 0) is 10.1 Å². The Morgan fingerprint density at radius 2 is 1.67 bits per heavy atom. The molecule has 18 heavy (non-hydrogen) atoms. The van der Waals surface area contributed by atoms with Gasteiger partial charge in [0, 0.05) is 11.6 Å². The first-order chi connectivity index (χ1) is 7.64. The van der Waals surface area contributed by atoms with Gasteiger partial charge in [0.1, 0.15) is 4.90 Å². The normalized spacial score (nSPS) is 10.6. The summed E-state index contributed by atoms with van der Waals surface area (Å²) in [6.07, 6.45) is 0. The maximum Gasteiger partial charge on any atom is 1.00 e. The van der Waals surface area contributed by atoms with E-state index in [1.165, 1.54) is 0 Å². The predicted molar refractivity (Wildman–Crippen MR) is 54.3 cm³/mol. The second-order valence-electron chi connectivity index (χ2n) is 3.08. The molecule has 1 aromatic rings. The zero-order chi connectivity index (χ0) is 13.4. The molecule has 0 aliphatic rings. The molecule has 0 fully saturated rings. The predicted octanol–water partition coefficient (Wildman–Crippen LogP) is -1.94. The summed E-state index contributed by atoms with van der Waals surface area (Å²) >= 11 is 0. The summed E-state index contributed by atoms with van der Waals surface area (Å²) in [5.41, 5.74) is -1.88. The third-order valence-corrected chi connectivity index (χ3v) is 2.98. The summed E-state index contributed by atoms with van der Waals surface area (Å²) in [5, 5.41) is 21.1. The SMILES string of the molecule is Cc1c([N+](=O)[O-])cc([N+](=O)[O-])cc1S(=O)(=O)O.[Na+]. The summed E-state index contributed by atoms with van der Waals surface area (Å²) in [5.74, 6) is 0. The summed E-state index contributed by atoms with van der Waals surface area (Å²) in [7, 11) is -4.75. The fraction of sp³-hybridized carbons (Fsp3) is 0.143. The Morgan fingerprint density at radius 1 is 1.17 bits per heavy atom. The fourth-order valence-corrected chi connectivity index (χ4v) is 1.98. The van der Waals surface area contributed by atoms with E-state index in [0.717, 1.165) is 6.92 Å². The molecule has 92 valence electrons. The van der Waals surface area contributed by atoms with Gasteiger partial charge in [0.15, 0.2) is 0 Å². The summed E-state index contributed by atoms with van der Waals surface area (Å²) < 4.78 is 30.6. The third-order valence-electron chi connectivity index (χ3n) is 2.00. The van der Waals surface area contributed by atoms with Gasteiger partial charge in [0.05, 0.1) is 15.9 Å². The summed E-state index contributed by atoms with van der Waals surface area (Å²) in [6.45, 7) is 1.07. The van der Waals surface area contributed by atoms with Crippen LogP contribution in [0.4, 0.5) is 11.4 Å². The standard InChI is InChI=1S/C7H6N2O7S.Na/c1-4-6(9(12)13)2-5(8(10)11)3-7(4)17(14,15)16;/h2-3H,1H3,(H,14,15,16);/q;+1. The molecule has 0 aliphatic carbocycles. The number of rotatable bonds is 3. The number of benzene rings is 1. The largest absolute Gasteiger partial charge is 1.00 e. The molecular weight excluding hydrogens is 279 g/mol. The Hall–Kier alpha value is -1.07. The van der Waals surface area contributed by atoms with Crippen molar-refractivity contribution >= 4 is 21.5 Å². The van der Waals surface area contributed by atoms with Gasteiger partial charge in [-0.05, 0) is 6.92 Å². The number of nitrogens with zero attached hydrogens (tertiary/aromatic N) is 2. The number of nitro groups is 2. The zero-order valence-corrected chi connectivity index (χ0v) is 12.2. The van der Waals surface area contributed by atoms with Crippen LogP contribution in [0.25, 0.3) is 0 Å². The van der Waals surface area contributed by atoms with Crippen molar-refractivity contribution in [3.05, 3.63) is 37.9 Å². The first-order valence-electron chi connectivity index (χ1n) is 4.05. The van der Waals surface area contributed by atoms with Crippen LogP contribution in [0.15, 0.2) is 17.0 Å². The maximum atomic E-state index is 10.9. The van der Waals surface area contributed by atoms with Crippen molar-refractivity contribution < 1.29 is 52.4 Å². The van der Waals surface area contributed by atoms with Crippen molar-refractivity contribution in [3.8, 4) is 0 Å². The molecule has 0 aromatic heterocycles. The Kier molecular flexibility index (Phi) is 5.37. The van der Waals surface area contributed by atoms with E-state index in [-0.39, 0.29) is 35.1 Å². The molecule has 0 saturated heterocycles. The number of non-ortho nitro benzene ring substituents is 1. The van der Waals surface area contributed by atoms with Crippen LogP contribution in [0, 0.1) is 27.2 Å². The van der Waals surface area contributed by atoms with Gasteiger partial charge in [-0.15, -0.1) is 0 Å². The second-order valence-corrected chi connectivity index (χ2v) is 4.47. The molecule has 0 radical (unpaired) electrons. The van der Waals surface area contributed by atoms with E-state index in [0.29, 0.717) is 12.1 Å². The Bertz CT molecular complexity index is 612. The van der Waals surface area contributed by atoms with E-state index in [4.69, 9.17) is 4.55 Å². The number of hydrogen-bond acceptors (Lipinski definition) is 6. The molecule has 0 spiro atoms. The Labute approximate surface area is 123 Å².